The maximum Gasteiger partial charge on any atom is 0.411 e. The van der Waals surface area contributed by atoms with Crippen LogP contribution in [-0.2, 0) is 11.3 Å². The maximum atomic E-state index is 11.4. The number of hydrogen-bond donors (Lipinski definition) is 2. The van der Waals surface area contributed by atoms with Crippen molar-refractivity contribution >= 4 is 34.5 Å². The van der Waals surface area contributed by atoms with E-state index in [1.165, 1.54) is 12.1 Å². The van der Waals surface area contributed by atoms with Gasteiger partial charge in [-0.3, -0.25) is 15.4 Å². The zero-order valence-electron chi connectivity index (χ0n) is 11.9. The summed E-state index contributed by atoms with van der Waals surface area (Å²) in [6.07, 6.45) is -0.718. The van der Waals surface area contributed by atoms with E-state index < -0.39 is 11.0 Å². The predicted octanol–water partition coefficient (Wildman–Crippen LogP) is 3.84. The molecule has 0 atom stereocenters. The van der Waals surface area contributed by atoms with Crippen molar-refractivity contribution in [3.63, 3.8) is 0 Å². The van der Waals surface area contributed by atoms with Gasteiger partial charge in [-0.2, -0.15) is 0 Å². The molecule has 0 aliphatic rings. The lowest BCUT2D eigenvalue weighted by Crippen LogP contribution is -2.14. The van der Waals surface area contributed by atoms with Crippen molar-refractivity contribution in [1.29, 1.82) is 0 Å². The van der Waals surface area contributed by atoms with Gasteiger partial charge in [-0.05, 0) is 30.5 Å². The summed E-state index contributed by atoms with van der Waals surface area (Å²) in [5.41, 5.74) is 0.517. The van der Waals surface area contributed by atoms with Crippen molar-refractivity contribution in [2.24, 2.45) is 0 Å². The first-order valence-corrected chi connectivity index (χ1v) is 7.46. The third-order valence-corrected chi connectivity index (χ3v) is 3.63. The van der Waals surface area contributed by atoms with Crippen molar-refractivity contribution in [2.75, 3.05) is 17.2 Å². The van der Waals surface area contributed by atoms with Crippen LogP contribution in [0.4, 0.5) is 21.9 Å². The fourth-order valence-electron chi connectivity index (χ4n) is 1.78. The van der Waals surface area contributed by atoms with Crippen LogP contribution in [0.25, 0.3) is 0 Å². The van der Waals surface area contributed by atoms with Gasteiger partial charge in [-0.15, -0.1) is 11.3 Å². The third-order valence-electron chi connectivity index (χ3n) is 2.75. The number of amides is 1. The number of carbonyl (C=O) groups is 1. The number of nitro benzene ring substituents is 1. The molecule has 7 nitrogen and oxygen atoms in total. The molecule has 0 saturated heterocycles. The maximum absolute atomic E-state index is 11.4. The van der Waals surface area contributed by atoms with E-state index in [1.807, 2.05) is 17.5 Å². The Labute approximate surface area is 131 Å². The van der Waals surface area contributed by atoms with Crippen LogP contribution in [0, 0.1) is 10.1 Å². The average Bonchev–Trinajstić information content (AvgIpc) is 2.99. The van der Waals surface area contributed by atoms with Gasteiger partial charge < -0.3 is 10.1 Å². The molecule has 0 aliphatic heterocycles. The van der Waals surface area contributed by atoms with Gasteiger partial charge in [-0.25, -0.2) is 4.79 Å². The van der Waals surface area contributed by atoms with Crippen LogP contribution >= 0.6 is 11.3 Å². The molecule has 0 unspecified atom stereocenters. The highest BCUT2D eigenvalue weighted by Crippen LogP contribution is 2.28. The molecule has 0 radical (unpaired) electrons. The Morgan fingerprint density at radius 1 is 1.41 bits per heavy atom. The summed E-state index contributed by atoms with van der Waals surface area (Å²) in [5.74, 6) is 0. The third kappa shape index (κ3) is 4.19. The monoisotopic (exact) mass is 321 g/mol. The van der Waals surface area contributed by atoms with E-state index in [2.05, 4.69) is 10.6 Å². The topological polar surface area (TPSA) is 93.5 Å². The lowest BCUT2D eigenvalue weighted by atomic mass is 10.2. The van der Waals surface area contributed by atoms with E-state index in [9.17, 15) is 14.9 Å². The van der Waals surface area contributed by atoms with Crippen LogP contribution in [0.15, 0.2) is 35.7 Å². The average molecular weight is 321 g/mol. The number of benzene rings is 1. The number of nitrogens with one attached hydrogen (secondary N) is 2. The minimum atomic E-state index is -0.718. The molecule has 0 aliphatic carbocycles. The lowest BCUT2D eigenvalue weighted by Gasteiger charge is -2.09. The molecule has 1 aromatic carbocycles. The summed E-state index contributed by atoms with van der Waals surface area (Å²) in [7, 11) is 0. The summed E-state index contributed by atoms with van der Waals surface area (Å²) >= 11 is 1.60. The molecular formula is C14H15N3O4S. The second kappa shape index (κ2) is 7.41. The number of hydrogen-bond acceptors (Lipinski definition) is 6. The number of carbonyl (C=O) groups excluding carboxylic acids is 1. The Balaban J connectivity index is 2.12. The summed E-state index contributed by atoms with van der Waals surface area (Å²) in [5, 5.41) is 18.6. The van der Waals surface area contributed by atoms with Crippen LogP contribution in [0.5, 0.6) is 0 Å². The molecule has 1 heterocycles. The molecule has 1 aromatic heterocycles. The van der Waals surface area contributed by atoms with Crippen molar-refractivity contribution < 1.29 is 14.5 Å². The predicted molar refractivity (Wildman–Crippen MR) is 85.4 cm³/mol. The Kier molecular flexibility index (Phi) is 5.31. The van der Waals surface area contributed by atoms with Crippen LogP contribution in [0.3, 0.4) is 0 Å². The van der Waals surface area contributed by atoms with E-state index in [0.29, 0.717) is 12.2 Å². The SMILES string of the molecule is CCOC(=O)Nc1ccc(NCc2cccs2)cc1[N+](=O)[O-]. The first-order chi connectivity index (χ1) is 10.6. The minimum Gasteiger partial charge on any atom is -0.450 e. The molecule has 116 valence electrons. The molecule has 0 spiro atoms. The minimum absolute atomic E-state index is 0.102. The molecule has 22 heavy (non-hydrogen) atoms. The van der Waals surface area contributed by atoms with E-state index in [1.54, 1.807) is 24.3 Å². The Morgan fingerprint density at radius 3 is 2.86 bits per heavy atom. The van der Waals surface area contributed by atoms with Gasteiger partial charge in [0.1, 0.15) is 5.69 Å². The van der Waals surface area contributed by atoms with Crippen molar-refractivity contribution in [3.05, 3.63) is 50.7 Å². The molecule has 0 saturated carbocycles. The van der Waals surface area contributed by atoms with Gasteiger partial charge in [0, 0.05) is 23.2 Å². The van der Waals surface area contributed by atoms with Gasteiger partial charge >= 0.3 is 6.09 Å². The Morgan fingerprint density at radius 2 is 2.23 bits per heavy atom. The molecule has 8 heteroatoms. The molecule has 2 N–H and O–H groups in total. The highest BCUT2D eigenvalue weighted by atomic mass is 32.1. The van der Waals surface area contributed by atoms with Gasteiger partial charge in [0.2, 0.25) is 0 Å². The van der Waals surface area contributed by atoms with Crippen LogP contribution < -0.4 is 10.6 Å². The Bertz CT molecular complexity index is 658. The number of rotatable bonds is 6. The quantitative estimate of drug-likeness (QED) is 0.623. The number of ether oxygens (including phenoxy) is 1. The summed E-state index contributed by atoms with van der Waals surface area (Å²) in [4.78, 5) is 23.1. The smallest absolute Gasteiger partial charge is 0.411 e. The second-order valence-corrected chi connectivity index (χ2v) is 5.30. The molecule has 2 aromatic rings. The van der Waals surface area contributed by atoms with E-state index in [4.69, 9.17) is 4.74 Å². The highest BCUT2D eigenvalue weighted by molar-refractivity contribution is 7.09. The van der Waals surface area contributed by atoms with Gasteiger partial charge in [0.15, 0.2) is 0 Å². The first-order valence-electron chi connectivity index (χ1n) is 6.58. The number of nitrogens with zero attached hydrogens (tertiary/aromatic N) is 1. The van der Waals surface area contributed by atoms with Crippen molar-refractivity contribution in [1.82, 2.24) is 0 Å². The molecule has 0 bridgehead atoms. The second-order valence-electron chi connectivity index (χ2n) is 4.27. The number of anilines is 2. The zero-order chi connectivity index (χ0) is 15.9. The number of thiophene rings is 1. The standard InChI is InChI=1S/C14H15N3O4S/c1-2-21-14(18)16-12-6-5-10(8-13(12)17(19)20)15-9-11-4-3-7-22-11/h3-8,15H,2,9H2,1H3,(H,16,18). The zero-order valence-corrected chi connectivity index (χ0v) is 12.7. The molecule has 1 amide bonds. The summed E-state index contributed by atoms with van der Waals surface area (Å²) in [6, 6.07) is 8.45. The summed E-state index contributed by atoms with van der Waals surface area (Å²) in [6.45, 7) is 2.44. The normalized spacial score (nSPS) is 10.0. The van der Waals surface area contributed by atoms with Crippen LogP contribution in [-0.4, -0.2) is 17.6 Å². The van der Waals surface area contributed by atoms with Gasteiger partial charge in [0.25, 0.3) is 5.69 Å². The Hall–Kier alpha value is -2.61. The summed E-state index contributed by atoms with van der Waals surface area (Å²) < 4.78 is 4.72. The largest absolute Gasteiger partial charge is 0.450 e. The fraction of sp³-hybridized carbons (Fsp3) is 0.214. The molecular weight excluding hydrogens is 306 g/mol. The van der Waals surface area contributed by atoms with Gasteiger partial charge in [-0.1, -0.05) is 6.07 Å². The molecule has 2 rings (SSSR count). The van der Waals surface area contributed by atoms with Gasteiger partial charge in [0.05, 0.1) is 11.5 Å². The fourth-order valence-corrected chi connectivity index (χ4v) is 2.42. The van der Waals surface area contributed by atoms with Crippen LogP contribution in [0.2, 0.25) is 0 Å². The van der Waals surface area contributed by atoms with E-state index >= 15 is 0 Å². The highest BCUT2D eigenvalue weighted by Gasteiger charge is 2.17. The molecule has 0 fully saturated rings. The van der Waals surface area contributed by atoms with E-state index in [0.717, 1.165) is 4.88 Å². The van der Waals surface area contributed by atoms with Crippen molar-refractivity contribution in [3.8, 4) is 0 Å². The lowest BCUT2D eigenvalue weighted by molar-refractivity contribution is -0.383. The van der Waals surface area contributed by atoms with E-state index in [-0.39, 0.29) is 18.0 Å². The van der Waals surface area contributed by atoms with Crippen molar-refractivity contribution in [2.45, 2.75) is 13.5 Å². The first kappa shape index (κ1) is 15.8. The number of nitro groups is 1. The van der Waals surface area contributed by atoms with Crippen LogP contribution in [0.1, 0.15) is 11.8 Å².